The first kappa shape index (κ1) is 24.7. The lowest BCUT2D eigenvalue weighted by molar-refractivity contribution is -0.139. The third kappa shape index (κ3) is 5.80. The van der Waals surface area contributed by atoms with Crippen molar-refractivity contribution in [2.45, 2.75) is 31.7 Å². The number of nitrogens with two attached hydrogens (primary N) is 1. The number of nitrogen functional groups attached to an aromatic ring is 1. The van der Waals surface area contributed by atoms with Gasteiger partial charge in [0.25, 0.3) is 0 Å². The Morgan fingerprint density at radius 1 is 1.31 bits per heavy atom. The number of ether oxygens (including phenoxy) is 2. The number of carbonyl (C=O) groups excluding carboxylic acids is 2. The van der Waals surface area contributed by atoms with Crippen LogP contribution in [0.1, 0.15) is 30.3 Å². The molecule has 4 N–H and O–H groups in total. The van der Waals surface area contributed by atoms with Crippen molar-refractivity contribution in [3.8, 4) is 5.75 Å². The number of esters is 1. The van der Waals surface area contributed by atoms with Crippen molar-refractivity contribution in [2.24, 2.45) is 0 Å². The fraction of sp³-hybridized carbons (Fsp3) is 0.273. The molecule has 13 heteroatoms. The zero-order chi connectivity index (χ0) is 24.9. The zero-order valence-electron chi connectivity index (χ0n) is 18.9. The van der Waals surface area contributed by atoms with E-state index in [9.17, 15) is 9.59 Å². The number of nitrogens with one attached hydrogen (secondary N) is 2. The molecule has 2 amide bonds. The molecule has 1 aromatic carbocycles. The maximum Gasteiger partial charge on any atom is 0.338 e. The van der Waals surface area contributed by atoms with Crippen LogP contribution in [-0.4, -0.2) is 39.2 Å². The average Bonchev–Trinajstić information content (AvgIpc) is 3.41. The van der Waals surface area contributed by atoms with Gasteiger partial charge in [-0.05, 0) is 44.2 Å². The third-order valence-electron chi connectivity index (χ3n) is 4.94. The minimum atomic E-state index is -0.794. The molecule has 1 aliphatic heterocycles. The summed E-state index contributed by atoms with van der Waals surface area (Å²) in [6, 6.07) is 9.60. The van der Waals surface area contributed by atoms with E-state index < -0.39 is 18.0 Å². The number of halogens is 1. The second-order valence-electron chi connectivity index (χ2n) is 7.40. The van der Waals surface area contributed by atoms with E-state index in [1.54, 1.807) is 26.0 Å². The van der Waals surface area contributed by atoms with E-state index in [4.69, 9.17) is 19.7 Å². The number of thioether (sulfide) groups is 1. The van der Waals surface area contributed by atoms with E-state index in [2.05, 4.69) is 36.8 Å². The van der Waals surface area contributed by atoms with Gasteiger partial charge in [-0.15, -0.1) is 10.2 Å². The number of hydrogen-bond acceptors (Lipinski definition) is 9. The summed E-state index contributed by atoms with van der Waals surface area (Å²) < 4.78 is 18.9. The number of rotatable bonds is 9. The van der Waals surface area contributed by atoms with Crippen molar-refractivity contribution in [3.05, 3.63) is 69.5 Å². The SMILES string of the molecule is CCOC(=O)C1=C(CSc2nnc(COc3cccc(Br)c3)n2N)NC(=O)NC1c1ccc(C)o1. The lowest BCUT2D eigenvalue weighted by atomic mass is 10.0. The standard InChI is InChI=1S/C22H23BrN6O5S/c1-3-32-20(30)18-15(25-21(31)26-19(18)16-8-7-12(2)34-16)11-35-22-28-27-17(29(22)24)10-33-14-6-4-5-13(23)9-14/h4-9,19H,3,10-11,24H2,1-2H3,(H2,25,26,31). The molecule has 0 aliphatic carbocycles. The Hall–Kier alpha value is -3.45. The van der Waals surface area contributed by atoms with Gasteiger partial charge in [-0.2, -0.15) is 0 Å². The number of carbonyl (C=O) groups is 2. The molecule has 184 valence electrons. The number of nitrogens with zero attached hydrogens (tertiary/aromatic N) is 3. The molecule has 35 heavy (non-hydrogen) atoms. The van der Waals surface area contributed by atoms with Gasteiger partial charge in [0.2, 0.25) is 5.16 Å². The lowest BCUT2D eigenvalue weighted by Crippen LogP contribution is -2.46. The number of amides is 2. The first-order chi connectivity index (χ1) is 16.9. The molecule has 0 fully saturated rings. The normalized spacial score (nSPS) is 15.5. The van der Waals surface area contributed by atoms with Gasteiger partial charge < -0.3 is 30.4 Å². The van der Waals surface area contributed by atoms with Crippen LogP contribution >= 0.6 is 27.7 Å². The minimum Gasteiger partial charge on any atom is -0.485 e. The summed E-state index contributed by atoms with van der Waals surface area (Å²) in [5.74, 6) is 7.92. The third-order valence-corrected chi connectivity index (χ3v) is 6.40. The van der Waals surface area contributed by atoms with Crippen molar-refractivity contribution in [2.75, 3.05) is 18.2 Å². The Balaban J connectivity index is 1.53. The van der Waals surface area contributed by atoms with Gasteiger partial charge in [-0.1, -0.05) is 33.8 Å². The molecular formula is C22H23BrN6O5S. The quantitative estimate of drug-likeness (QED) is 0.203. The van der Waals surface area contributed by atoms with Crippen LogP contribution in [0.3, 0.4) is 0 Å². The van der Waals surface area contributed by atoms with Crippen molar-refractivity contribution < 1.29 is 23.5 Å². The zero-order valence-corrected chi connectivity index (χ0v) is 21.3. The van der Waals surface area contributed by atoms with Crippen LogP contribution in [0.2, 0.25) is 0 Å². The molecule has 1 unspecified atom stereocenters. The van der Waals surface area contributed by atoms with Crippen LogP contribution in [0.15, 0.2) is 61.7 Å². The Morgan fingerprint density at radius 3 is 2.86 bits per heavy atom. The van der Waals surface area contributed by atoms with Crippen molar-refractivity contribution in [1.82, 2.24) is 25.5 Å². The van der Waals surface area contributed by atoms with E-state index in [1.165, 1.54) is 16.4 Å². The molecule has 4 rings (SSSR count). The maximum atomic E-state index is 12.8. The van der Waals surface area contributed by atoms with Gasteiger partial charge in [-0.25, -0.2) is 14.3 Å². The molecule has 0 radical (unpaired) electrons. The number of aryl methyl sites for hydroxylation is 1. The summed E-state index contributed by atoms with van der Waals surface area (Å²) in [6.07, 6.45) is 0. The Bertz CT molecular complexity index is 1270. The first-order valence-electron chi connectivity index (χ1n) is 10.6. The second-order valence-corrected chi connectivity index (χ2v) is 9.25. The van der Waals surface area contributed by atoms with Gasteiger partial charge >= 0.3 is 12.0 Å². The van der Waals surface area contributed by atoms with E-state index >= 15 is 0 Å². The summed E-state index contributed by atoms with van der Waals surface area (Å²) in [6.45, 7) is 3.78. The Labute approximate surface area is 213 Å². The molecule has 0 spiro atoms. The van der Waals surface area contributed by atoms with Crippen LogP contribution < -0.4 is 21.2 Å². The number of aromatic nitrogens is 3. The fourth-order valence-electron chi connectivity index (χ4n) is 3.35. The molecular weight excluding hydrogens is 540 g/mol. The topological polar surface area (TPSA) is 147 Å². The highest BCUT2D eigenvalue weighted by Gasteiger charge is 2.35. The highest BCUT2D eigenvalue weighted by molar-refractivity contribution is 9.10. The number of hydrogen-bond donors (Lipinski definition) is 3. The highest BCUT2D eigenvalue weighted by Crippen LogP contribution is 2.31. The second kappa shape index (κ2) is 10.9. The largest absolute Gasteiger partial charge is 0.485 e. The monoisotopic (exact) mass is 562 g/mol. The maximum absolute atomic E-state index is 12.8. The molecule has 0 bridgehead atoms. The molecule has 3 aromatic rings. The van der Waals surface area contributed by atoms with Gasteiger partial charge in [0.1, 0.15) is 29.9 Å². The summed E-state index contributed by atoms with van der Waals surface area (Å²) in [5.41, 5.74) is 0.612. The van der Waals surface area contributed by atoms with Gasteiger partial charge in [-0.3, -0.25) is 0 Å². The van der Waals surface area contributed by atoms with Gasteiger partial charge in [0, 0.05) is 15.9 Å². The molecule has 11 nitrogen and oxygen atoms in total. The summed E-state index contributed by atoms with van der Waals surface area (Å²) in [4.78, 5) is 25.2. The fourth-order valence-corrected chi connectivity index (χ4v) is 4.57. The van der Waals surface area contributed by atoms with E-state index in [-0.39, 0.29) is 24.5 Å². The van der Waals surface area contributed by atoms with Crippen LogP contribution in [0.25, 0.3) is 0 Å². The van der Waals surface area contributed by atoms with E-state index in [0.29, 0.717) is 33.9 Å². The van der Waals surface area contributed by atoms with Gasteiger partial charge in [0.15, 0.2) is 5.82 Å². The number of urea groups is 1. The summed E-state index contributed by atoms with van der Waals surface area (Å²) in [5, 5.41) is 14.0. The van der Waals surface area contributed by atoms with Crippen LogP contribution in [-0.2, 0) is 16.1 Å². The lowest BCUT2D eigenvalue weighted by Gasteiger charge is -2.27. The predicted molar refractivity (Wildman–Crippen MR) is 131 cm³/mol. The molecule has 0 saturated carbocycles. The molecule has 3 heterocycles. The summed E-state index contributed by atoms with van der Waals surface area (Å²) in [7, 11) is 0. The van der Waals surface area contributed by atoms with Crippen molar-refractivity contribution in [1.29, 1.82) is 0 Å². The average molecular weight is 563 g/mol. The number of furan rings is 1. The molecule has 0 saturated heterocycles. The van der Waals surface area contributed by atoms with Crippen molar-refractivity contribution in [3.63, 3.8) is 0 Å². The van der Waals surface area contributed by atoms with Crippen LogP contribution in [0.4, 0.5) is 4.79 Å². The van der Waals surface area contributed by atoms with Crippen molar-refractivity contribution >= 4 is 39.7 Å². The molecule has 1 aliphatic rings. The predicted octanol–water partition coefficient (Wildman–Crippen LogP) is 3.20. The molecule has 1 atom stereocenters. The van der Waals surface area contributed by atoms with E-state index in [0.717, 1.165) is 4.47 Å². The Morgan fingerprint density at radius 2 is 2.14 bits per heavy atom. The Kier molecular flexibility index (Phi) is 7.66. The van der Waals surface area contributed by atoms with Gasteiger partial charge in [0.05, 0.1) is 12.2 Å². The smallest absolute Gasteiger partial charge is 0.338 e. The number of benzene rings is 1. The highest BCUT2D eigenvalue weighted by atomic mass is 79.9. The van der Waals surface area contributed by atoms with E-state index in [1.807, 2.05) is 24.3 Å². The minimum absolute atomic E-state index is 0.109. The summed E-state index contributed by atoms with van der Waals surface area (Å²) >= 11 is 4.60. The van der Waals surface area contributed by atoms with Crippen LogP contribution in [0, 0.1) is 6.92 Å². The van der Waals surface area contributed by atoms with Crippen LogP contribution in [0.5, 0.6) is 5.75 Å². The first-order valence-corrected chi connectivity index (χ1v) is 12.4. The molecule has 2 aromatic heterocycles.